The van der Waals surface area contributed by atoms with E-state index >= 15 is 0 Å². The second-order valence-electron chi connectivity index (χ2n) is 6.01. The van der Waals surface area contributed by atoms with Crippen molar-refractivity contribution in [3.8, 4) is 11.1 Å². The number of hydrogen-bond donors (Lipinski definition) is 0. The quantitative estimate of drug-likeness (QED) is 0.492. The Kier molecular flexibility index (Phi) is 5.97. The van der Waals surface area contributed by atoms with Gasteiger partial charge in [0.15, 0.2) is 0 Å². The van der Waals surface area contributed by atoms with Crippen molar-refractivity contribution in [2.24, 2.45) is 0 Å². The van der Waals surface area contributed by atoms with Crippen molar-refractivity contribution < 1.29 is 9.53 Å². The Labute approximate surface area is 163 Å². The third-order valence-electron chi connectivity index (χ3n) is 4.32. The monoisotopic (exact) mass is 384 g/mol. The highest BCUT2D eigenvalue weighted by atomic mass is 35.5. The maximum Gasteiger partial charge on any atom is 0.313 e. The maximum atomic E-state index is 12.3. The van der Waals surface area contributed by atoms with E-state index in [1.165, 1.54) is 7.11 Å². The van der Waals surface area contributed by atoms with Crippen molar-refractivity contribution in [1.82, 2.24) is 0 Å². The van der Waals surface area contributed by atoms with E-state index in [9.17, 15) is 4.79 Å². The third kappa shape index (κ3) is 4.27. The molecule has 3 aromatic rings. The van der Waals surface area contributed by atoms with E-state index < -0.39 is 5.92 Å². The van der Waals surface area contributed by atoms with E-state index in [-0.39, 0.29) is 5.97 Å². The van der Waals surface area contributed by atoms with Gasteiger partial charge < -0.3 is 4.74 Å². The van der Waals surface area contributed by atoms with Crippen molar-refractivity contribution >= 4 is 29.2 Å². The van der Waals surface area contributed by atoms with Gasteiger partial charge in [0.05, 0.1) is 13.0 Å². The standard InChI is InChI=1S/C22H18Cl2O2/c1-26-22(25)20(19-12-11-18(23)14-21(19)24)13-15-7-9-17(10-8-15)16-5-3-2-4-6-16/h2-12,14,20H,13H2,1H3. The molecule has 2 nitrogen and oxygen atoms in total. The van der Waals surface area contributed by atoms with E-state index in [1.54, 1.807) is 18.2 Å². The molecule has 0 heterocycles. The highest BCUT2D eigenvalue weighted by Crippen LogP contribution is 2.31. The van der Waals surface area contributed by atoms with Gasteiger partial charge in [-0.1, -0.05) is 83.9 Å². The van der Waals surface area contributed by atoms with Crippen LogP contribution in [0, 0.1) is 0 Å². The zero-order valence-corrected chi connectivity index (χ0v) is 15.8. The topological polar surface area (TPSA) is 26.3 Å². The summed E-state index contributed by atoms with van der Waals surface area (Å²) in [7, 11) is 1.39. The summed E-state index contributed by atoms with van der Waals surface area (Å²) < 4.78 is 4.99. The van der Waals surface area contributed by atoms with Crippen LogP contribution in [0.3, 0.4) is 0 Å². The van der Waals surface area contributed by atoms with Crippen molar-refractivity contribution in [2.75, 3.05) is 7.11 Å². The van der Waals surface area contributed by atoms with Crippen LogP contribution in [0.2, 0.25) is 10.0 Å². The van der Waals surface area contributed by atoms with E-state index in [1.807, 2.05) is 30.3 Å². The number of halogens is 2. The molecule has 0 aliphatic rings. The summed E-state index contributed by atoms with van der Waals surface area (Å²) in [5.74, 6) is -0.797. The van der Waals surface area contributed by atoms with Crippen LogP contribution in [-0.2, 0) is 16.0 Å². The molecule has 0 radical (unpaired) electrons. The Morgan fingerprint density at radius 2 is 1.58 bits per heavy atom. The Hall–Kier alpha value is -2.29. The molecule has 26 heavy (non-hydrogen) atoms. The minimum Gasteiger partial charge on any atom is -0.469 e. The minimum atomic E-state index is -0.479. The molecule has 1 unspecified atom stereocenters. The molecule has 0 amide bonds. The maximum absolute atomic E-state index is 12.3. The molecule has 0 spiro atoms. The number of esters is 1. The molecule has 0 fully saturated rings. The van der Waals surface area contributed by atoms with Gasteiger partial charge in [-0.05, 0) is 40.8 Å². The van der Waals surface area contributed by atoms with Crippen LogP contribution in [-0.4, -0.2) is 13.1 Å². The highest BCUT2D eigenvalue weighted by molar-refractivity contribution is 6.35. The fraction of sp³-hybridized carbons (Fsp3) is 0.136. The van der Waals surface area contributed by atoms with E-state index in [0.717, 1.165) is 22.3 Å². The third-order valence-corrected chi connectivity index (χ3v) is 4.89. The van der Waals surface area contributed by atoms with Crippen molar-refractivity contribution in [3.05, 3.63) is 94.0 Å². The Morgan fingerprint density at radius 3 is 2.19 bits per heavy atom. The van der Waals surface area contributed by atoms with E-state index in [4.69, 9.17) is 27.9 Å². The molecule has 3 rings (SSSR count). The lowest BCUT2D eigenvalue weighted by Crippen LogP contribution is -2.17. The molecule has 0 saturated carbocycles. The number of carbonyl (C=O) groups is 1. The van der Waals surface area contributed by atoms with Gasteiger partial charge >= 0.3 is 5.97 Å². The van der Waals surface area contributed by atoms with Gasteiger partial charge in [0.1, 0.15) is 0 Å². The molecular formula is C22H18Cl2O2. The number of hydrogen-bond acceptors (Lipinski definition) is 2. The average Bonchev–Trinajstić information content (AvgIpc) is 2.67. The summed E-state index contributed by atoms with van der Waals surface area (Å²) in [5.41, 5.74) is 4.04. The molecule has 0 aliphatic carbocycles. The number of methoxy groups -OCH3 is 1. The van der Waals surface area contributed by atoms with Gasteiger partial charge in [0.25, 0.3) is 0 Å². The van der Waals surface area contributed by atoms with Crippen LogP contribution >= 0.6 is 23.2 Å². The summed E-state index contributed by atoms with van der Waals surface area (Å²) in [6.07, 6.45) is 0.503. The second kappa shape index (κ2) is 8.39. The number of ether oxygens (including phenoxy) is 1. The van der Waals surface area contributed by atoms with Crippen LogP contribution in [0.25, 0.3) is 11.1 Å². The van der Waals surface area contributed by atoms with Crippen molar-refractivity contribution in [3.63, 3.8) is 0 Å². The van der Waals surface area contributed by atoms with Gasteiger partial charge in [-0.25, -0.2) is 0 Å². The first-order chi connectivity index (χ1) is 12.6. The summed E-state index contributed by atoms with van der Waals surface area (Å²) in [4.78, 5) is 12.3. The molecular weight excluding hydrogens is 367 g/mol. The summed E-state index contributed by atoms with van der Waals surface area (Å²) in [6, 6.07) is 23.5. The lowest BCUT2D eigenvalue weighted by Gasteiger charge is -2.17. The van der Waals surface area contributed by atoms with Crippen LogP contribution in [0.15, 0.2) is 72.8 Å². The van der Waals surface area contributed by atoms with Crippen LogP contribution in [0.5, 0.6) is 0 Å². The molecule has 0 saturated heterocycles. The first-order valence-electron chi connectivity index (χ1n) is 8.25. The number of rotatable bonds is 5. The predicted octanol–water partition coefficient (Wildman–Crippen LogP) is 6.16. The summed E-state index contributed by atoms with van der Waals surface area (Å²) in [6.45, 7) is 0. The van der Waals surface area contributed by atoms with Gasteiger partial charge in [-0.3, -0.25) is 4.79 Å². The zero-order valence-electron chi connectivity index (χ0n) is 14.3. The second-order valence-corrected chi connectivity index (χ2v) is 6.85. The molecule has 0 aliphatic heterocycles. The van der Waals surface area contributed by atoms with Gasteiger partial charge in [-0.15, -0.1) is 0 Å². The molecule has 0 bridgehead atoms. The molecule has 132 valence electrons. The molecule has 0 aromatic heterocycles. The van der Waals surface area contributed by atoms with Crippen LogP contribution in [0.4, 0.5) is 0 Å². The number of benzene rings is 3. The molecule has 4 heteroatoms. The largest absolute Gasteiger partial charge is 0.469 e. The van der Waals surface area contributed by atoms with E-state index in [0.29, 0.717) is 16.5 Å². The van der Waals surface area contributed by atoms with Gasteiger partial charge in [-0.2, -0.15) is 0 Å². The highest BCUT2D eigenvalue weighted by Gasteiger charge is 2.24. The first-order valence-corrected chi connectivity index (χ1v) is 9.01. The predicted molar refractivity (Wildman–Crippen MR) is 107 cm³/mol. The smallest absolute Gasteiger partial charge is 0.313 e. The zero-order chi connectivity index (χ0) is 18.5. The van der Waals surface area contributed by atoms with Crippen LogP contribution < -0.4 is 0 Å². The van der Waals surface area contributed by atoms with E-state index in [2.05, 4.69) is 24.3 Å². The van der Waals surface area contributed by atoms with Crippen molar-refractivity contribution in [1.29, 1.82) is 0 Å². The van der Waals surface area contributed by atoms with Crippen LogP contribution in [0.1, 0.15) is 17.0 Å². The lowest BCUT2D eigenvalue weighted by atomic mass is 9.91. The molecule has 1 atom stereocenters. The average molecular weight is 385 g/mol. The fourth-order valence-electron chi connectivity index (χ4n) is 2.95. The first kappa shape index (κ1) is 18.5. The Balaban J connectivity index is 1.86. The fourth-order valence-corrected chi connectivity index (χ4v) is 3.49. The minimum absolute atomic E-state index is 0.318. The van der Waals surface area contributed by atoms with Gasteiger partial charge in [0, 0.05) is 10.0 Å². The summed E-state index contributed by atoms with van der Waals surface area (Å²) in [5, 5.41) is 1.00. The number of carbonyl (C=O) groups excluding carboxylic acids is 1. The molecule has 0 N–H and O–H groups in total. The van der Waals surface area contributed by atoms with Crippen molar-refractivity contribution in [2.45, 2.75) is 12.3 Å². The lowest BCUT2D eigenvalue weighted by molar-refractivity contribution is -0.142. The Bertz CT molecular complexity index is 890. The van der Waals surface area contributed by atoms with Gasteiger partial charge in [0.2, 0.25) is 0 Å². The Morgan fingerprint density at radius 1 is 0.923 bits per heavy atom. The summed E-state index contributed by atoms with van der Waals surface area (Å²) >= 11 is 12.3. The SMILES string of the molecule is COC(=O)C(Cc1ccc(-c2ccccc2)cc1)c1ccc(Cl)cc1Cl. The normalized spacial score (nSPS) is 11.8. The molecule has 3 aromatic carbocycles.